The highest BCUT2D eigenvalue weighted by Crippen LogP contribution is 2.37. The number of fused-ring (bicyclic) bond motifs is 1. The Morgan fingerprint density at radius 3 is 2.68 bits per heavy atom. The molecule has 2 atom stereocenters. The third-order valence-electron chi connectivity index (χ3n) is 7.30. The number of nitrogens with two attached hydrogens (primary N) is 2. The Labute approximate surface area is 220 Å². The Kier molecular flexibility index (Phi) is 7.80. The van der Waals surface area contributed by atoms with Crippen molar-refractivity contribution in [2.45, 2.75) is 52.3 Å². The Bertz CT molecular complexity index is 1310. The lowest BCUT2D eigenvalue weighted by atomic mass is 9.84. The van der Waals surface area contributed by atoms with Gasteiger partial charge in [0.05, 0.1) is 17.8 Å². The Hall–Kier alpha value is -3.49. The lowest BCUT2D eigenvalue weighted by molar-refractivity contribution is -0.137. The summed E-state index contributed by atoms with van der Waals surface area (Å²) in [4.78, 5) is 14.3. The molecule has 37 heavy (non-hydrogen) atoms. The van der Waals surface area contributed by atoms with E-state index >= 15 is 0 Å². The zero-order valence-electron chi connectivity index (χ0n) is 22.4. The number of hydrogen-bond acceptors (Lipinski definition) is 6. The Balaban J connectivity index is 1.68. The van der Waals surface area contributed by atoms with Crippen LogP contribution in [0.3, 0.4) is 0 Å². The molecule has 0 amide bonds. The summed E-state index contributed by atoms with van der Waals surface area (Å²) < 4.78 is 6.22. The van der Waals surface area contributed by atoms with Crippen LogP contribution in [0.25, 0.3) is 0 Å². The number of aryl methyl sites for hydroxylation is 1. The Morgan fingerprint density at radius 1 is 1.22 bits per heavy atom. The van der Waals surface area contributed by atoms with E-state index in [0.717, 1.165) is 42.1 Å². The third kappa shape index (κ3) is 5.92. The minimum Gasteiger partial charge on any atom is -0.489 e. The molecule has 0 saturated heterocycles. The van der Waals surface area contributed by atoms with Crippen LogP contribution in [-0.4, -0.2) is 43.5 Å². The number of carboxylic acid groups (broad SMARTS) is 1. The summed E-state index contributed by atoms with van der Waals surface area (Å²) in [5, 5.41) is 11.3. The molecular formula is C29H37BN4O3. The van der Waals surface area contributed by atoms with Gasteiger partial charge in [-0.15, -0.1) is 0 Å². The zero-order valence-corrected chi connectivity index (χ0v) is 22.4. The normalized spacial score (nSPS) is 16.4. The van der Waals surface area contributed by atoms with E-state index in [1.165, 1.54) is 27.2 Å². The molecule has 0 aliphatic carbocycles. The van der Waals surface area contributed by atoms with Crippen molar-refractivity contribution in [1.82, 2.24) is 4.90 Å². The molecule has 4 rings (SSSR count). The minimum atomic E-state index is -0.851. The van der Waals surface area contributed by atoms with Gasteiger partial charge >= 0.3 is 5.97 Å². The number of carbonyl (C=O) groups is 1. The summed E-state index contributed by atoms with van der Waals surface area (Å²) in [5.74, 6) is 5.71. The van der Waals surface area contributed by atoms with Crippen molar-refractivity contribution in [3.05, 3.63) is 81.9 Å². The number of hydrogen-bond donors (Lipinski definition) is 3. The molecule has 3 aromatic rings. The highest BCUT2D eigenvalue weighted by Gasteiger charge is 2.24. The van der Waals surface area contributed by atoms with Gasteiger partial charge < -0.3 is 20.6 Å². The fraction of sp³-hybridized carbons (Fsp3) is 0.345. The minimum absolute atomic E-state index is 0.0259. The SMILES string of the molecule is Bc1ccc2c(c1)OC(C)CN(Cc1cc(C(CC(=O)O)c3ccc(N(C)N)c(N)c3C)ccc1C)C2. The first-order valence-corrected chi connectivity index (χ1v) is 12.7. The van der Waals surface area contributed by atoms with Crippen LogP contribution in [0.2, 0.25) is 0 Å². The Morgan fingerprint density at radius 2 is 1.97 bits per heavy atom. The average molecular weight is 500 g/mol. The lowest BCUT2D eigenvalue weighted by Gasteiger charge is -2.25. The highest BCUT2D eigenvalue weighted by atomic mass is 16.5. The molecule has 0 aromatic heterocycles. The molecule has 1 aliphatic heterocycles. The largest absolute Gasteiger partial charge is 0.489 e. The molecule has 3 aromatic carbocycles. The first-order valence-electron chi connectivity index (χ1n) is 12.7. The zero-order chi connectivity index (χ0) is 26.9. The van der Waals surface area contributed by atoms with E-state index in [4.69, 9.17) is 16.3 Å². The third-order valence-corrected chi connectivity index (χ3v) is 7.30. The number of nitrogens with zero attached hydrogens (tertiary/aromatic N) is 2. The van der Waals surface area contributed by atoms with Crippen LogP contribution in [0, 0.1) is 13.8 Å². The summed E-state index contributed by atoms with van der Waals surface area (Å²) in [6.07, 6.45) is 0.0400. The van der Waals surface area contributed by atoms with Crippen LogP contribution in [0.15, 0.2) is 48.5 Å². The van der Waals surface area contributed by atoms with E-state index < -0.39 is 5.97 Å². The number of nitrogen functional groups attached to an aromatic ring is 1. The van der Waals surface area contributed by atoms with Crippen molar-refractivity contribution < 1.29 is 14.6 Å². The fourth-order valence-corrected chi connectivity index (χ4v) is 5.26. The number of carboxylic acids is 1. The number of rotatable bonds is 7. The molecule has 0 radical (unpaired) electrons. The molecule has 0 spiro atoms. The molecule has 0 fully saturated rings. The average Bonchev–Trinajstić information content (AvgIpc) is 2.97. The summed E-state index contributed by atoms with van der Waals surface area (Å²) in [5.41, 5.74) is 15.1. The number of ether oxygens (including phenoxy) is 1. The van der Waals surface area contributed by atoms with Gasteiger partial charge in [0.25, 0.3) is 0 Å². The van der Waals surface area contributed by atoms with E-state index in [9.17, 15) is 9.90 Å². The summed E-state index contributed by atoms with van der Waals surface area (Å²) in [7, 11) is 3.82. The maximum absolute atomic E-state index is 11.9. The standard InChI is InChI=1S/C29H37BN4O3/c1-17-5-6-20(25(13-28(35)36)24-9-10-26(33(4)32)29(31)19(24)3)11-22(17)16-34-14-18(2)37-27-12-23(30)8-7-21(27)15-34/h5-12,18,25H,13-16,30-32H2,1-4H3,(H,35,36). The molecule has 0 saturated carbocycles. The maximum atomic E-state index is 11.9. The van der Waals surface area contributed by atoms with Crippen LogP contribution in [0.4, 0.5) is 11.4 Å². The van der Waals surface area contributed by atoms with Gasteiger partial charge in [0, 0.05) is 38.2 Å². The lowest BCUT2D eigenvalue weighted by Crippen LogP contribution is -2.30. The molecule has 1 aliphatic rings. The van der Waals surface area contributed by atoms with E-state index in [2.05, 4.69) is 56.9 Å². The number of anilines is 2. The van der Waals surface area contributed by atoms with Crippen molar-refractivity contribution >= 4 is 30.7 Å². The van der Waals surface area contributed by atoms with Crippen LogP contribution in [-0.2, 0) is 17.9 Å². The first-order chi connectivity index (χ1) is 17.5. The highest BCUT2D eigenvalue weighted by molar-refractivity contribution is 6.32. The quantitative estimate of drug-likeness (QED) is 0.198. The number of benzene rings is 3. The maximum Gasteiger partial charge on any atom is 0.304 e. The summed E-state index contributed by atoms with van der Waals surface area (Å²) >= 11 is 0. The second-order valence-corrected chi connectivity index (χ2v) is 10.4. The van der Waals surface area contributed by atoms with Crippen LogP contribution < -0.4 is 26.8 Å². The van der Waals surface area contributed by atoms with E-state index in [1.807, 2.05) is 25.1 Å². The van der Waals surface area contributed by atoms with Crippen LogP contribution >= 0.6 is 0 Å². The molecule has 1 heterocycles. The molecule has 2 unspecified atom stereocenters. The van der Waals surface area contributed by atoms with E-state index in [0.29, 0.717) is 11.4 Å². The van der Waals surface area contributed by atoms with Gasteiger partial charge in [0.2, 0.25) is 0 Å². The number of hydrazine groups is 1. The van der Waals surface area contributed by atoms with Crippen LogP contribution in [0.1, 0.15) is 52.6 Å². The van der Waals surface area contributed by atoms with Crippen molar-refractivity contribution in [3.8, 4) is 5.75 Å². The second-order valence-electron chi connectivity index (χ2n) is 10.4. The van der Waals surface area contributed by atoms with Gasteiger partial charge in [-0.1, -0.05) is 41.9 Å². The van der Waals surface area contributed by atoms with Crippen LogP contribution in [0.5, 0.6) is 5.75 Å². The second kappa shape index (κ2) is 10.9. The van der Waals surface area contributed by atoms with E-state index in [1.54, 1.807) is 7.05 Å². The topological polar surface area (TPSA) is 105 Å². The molecule has 5 N–H and O–H groups in total. The van der Waals surface area contributed by atoms with Crippen molar-refractivity contribution in [2.75, 3.05) is 24.3 Å². The molecule has 0 bridgehead atoms. The first kappa shape index (κ1) is 26.6. The monoisotopic (exact) mass is 500 g/mol. The molecule has 7 nitrogen and oxygen atoms in total. The molecular weight excluding hydrogens is 463 g/mol. The van der Waals surface area contributed by atoms with Gasteiger partial charge in [-0.25, -0.2) is 5.84 Å². The van der Waals surface area contributed by atoms with E-state index in [-0.39, 0.29) is 18.4 Å². The smallest absolute Gasteiger partial charge is 0.304 e. The predicted molar refractivity (Wildman–Crippen MR) is 152 cm³/mol. The molecule has 194 valence electrons. The fourth-order valence-electron chi connectivity index (χ4n) is 5.26. The summed E-state index contributed by atoms with van der Waals surface area (Å²) in [6.45, 7) is 8.49. The van der Waals surface area contributed by atoms with Crippen molar-refractivity contribution in [3.63, 3.8) is 0 Å². The summed E-state index contributed by atoms with van der Waals surface area (Å²) in [6, 6.07) is 16.5. The molecule has 8 heteroatoms. The van der Waals surface area contributed by atoms with Gasteiger partial charge in [-0.3, -0.25) is 9.69 Å². The van der Waals surface area contributed by atoms with Gasteiger partial charge in [0.1, 0.15) is 19.7 Å². The van der Waals surface area contributed by atoms with Crippen molar-refractivity contribution in [2.24, 2.45) is 5.84 Å². The van der Waals surface area contributed by atoms with Gasteiger partial charge in [0.15, 0.2) is 0 Å². The predicted octanol–water partition coefficient (Wildman–Crippen LogP) is 2.84. The van der Waals surface area contributed by atoms with Gasteiger partial charge in [-0.2, -0.15) is 0 Å². The van der Waals surface area contributed by atoms with Gasteiger partial charge in [-0.05, 0) is 60.7 Å². The number of aliphatic carboxylic acids is 1. The van der Waals surface area contributed by atoms with Crippen molar-refractivity contribution in [1.29, 1.82) is 0 Å².